The van der Waals surface area contributed by atoms with Crippen LogP contribution in [0, 0.1) is 0 Å². The Morgan fingerprint density at radius 1 is 1.46 bits per heavy atom. The van der Waals surface area contributed by atoms with E-state index in [1.807, 2.05) is 0 Å². The van der Waals surface area contributed by atoms with Gasteiger partial charge in [-0.15, -0.1) is 0 Å². The van der Waals surface area contributed by atoms with Crippen LogP contribution in [-0.2, 0) is 10.1 Å². The third-order valence-corrected chi connectivity index (χ3v) is 2.64. The summed E-state index contributed by atoms with van der Waals surface area (Å²) in [5, 5.41) is -1.07. The van der Waals surface area contributed by atoms with Crippen LogP contribution in [0.4, 0.5) is 0 Å². The molecule has 0 spiro atoms. The Bertz CT molecular complexity index is 351. The summed E-state index contributed by atoms with van der Waals surface area (Å²) in [5.41, 5.74) is 0.285. The SMILES string of the molecule is CC(c1ccccn1)S(=O)(=O)[O-].[K+]. The maximum absolute atomic E-state index is 10.5. The summed E-state index contributed by atoms with van der Waals surface area (Å²) in [4.78, 5) is 3.77. The Labute approximate surface area is 120 Å². The van der Waals surface area contributed by atoms with Crippen molar-refractivity contribution < 1.29 is 64.4 Å². The van der Waals surface area contributed by atoms with Crippen LogP contribution in [0.2, 0.25) is 0 Å². The fourth-order valence-electron chi connectivity index (χ4n) is 0.764. The normalized spacial score (nSPS) is 13.1. The van der Waals surface area contributed by atoms with Gasteiger partial charge in [0.25, 0.3) is 0 Å². The van der Waals surface area contributed by atoms with Crippen LogP contribution in [-0.4, -0.2) is 18.0 Å². The minimum Gasteiger partial charge on any atom is -0.747 e. The second kappa shape index (κ2) is 5.55. The summed E-state index contributed by atoms with van der Waals surface area (Å²) in [6.45, 7) is 1.32. The maximum Gasteiger partial charge on any atom is 1.00 e. The summed E-state index contributed by atoms with van der Waals surface area (Å²) in [6, 6.07) is 4.82. The van der Waals surface area contributed by atoms with Gasteiger partial charge < -0.3 is 4.55 Å². The topological polar surface area (TPSA) is 70.1 Å². The second-order valence-corrected chi connectivity index (χ2v) is 4.08. The molecular formula is C7H8KNO3S. The van der Waals surface area contributed by atoms with Gasteiger partial charge in [-0.2, -0.15) is 0 Å². The molecule has 0 amide bonds. The van der Waals surface area contributed by atoms with Crippen LogP contribution in [0.25, 0.3) is 0 Å². The van der Waals surface area contributed by atoms with E-state index >= 15 is 0 Å². The molecule has 6 heteroatoms. The molecule has 1 atom stereocenters. The van der Waals surface area contributed by atoms with E-state index < -0.39 is 15.4 Å². The number of hydrogen-bond acceptors (Lipinski definition) is 4. The molecule has 0 fully saturated rings. The Morgan fingerprint density at radius 3 is 2.46 bits per heavy atom. The molecule has 4 nitrogen and oxygen atoms in total. The van der Waals surface area contributed by atoms with Gasteiger partial charge in [-0.3, -0.25) is 4.98 Å². The molecule has 0 radical (unpaired) electrons. The number of nitrogens with zero attached hydrogens (tertiary/aromatic N) is 1. The van der Waals surface area contributed by atoms with Crippen molar-refractivity contribution in [2.45, 2.75) is 12.2 Å². The molecule has 0 saturated carbocycles. The molecule has 13 heavy (non-hydrogen) atoms. The molecule has 1 heterocycles. The second-order valence-electron chi connectivity index (χ2n) is 2.39. The van der Waals surface area contributed by atoms with Crippen LogP contribution < -0.4 is 51.4 Å². The first-order valence-electron chi connectivity index (χ1n) is 3.37. The average Bonchev–Trinajstić information content (AvgIpc) is 2.03. The summed E-state index contributed by atoms with van der Waals surface area (Å²) < 4.78 is 31.6. The van der Waals surface area contributed by atoms with Gasteiger partial charge in [0.1, 0.15) is 10.1 Å². The van der Waals surface area contributed by atoms with Gasteiger partial charge in [0, 0.05) is 6.20 Å². The number of aromatic nitrogens is 1. The molecule has 1 aromatic rings. The van der Waals surface area contributed by atoms with Crippen LogP contribution in [0.3, 0.4) is 0 Å². The molecule has 0 aliphatic carbocycles. The van der Waals surface area contributed by atoms with Crippen molar-refractivity contribution in [1.82, 2.24) is 4.98 Å². The molecule has 0 aliphatic heterocycles. The minimum absolute atomic E-state index is 0. The van der Waals surface area contributed by atoms with Crippen molar-refractivity contribution in [3.8, 4) is 0 Å². The third-order valence-electron chi connectivity index (χ3n) is 1.54. The Hall–Kier alpha value is 0.696. The van der Waals surface area contributed by atoms with Gasteiger partial charge in [-0.25, -0.2) is 8.42 Å². The van der Waals surface area contributed by atoms with E-state index in [1.54, 1.807) is 12.1 Å². The molecule has 1 rings (SSSR count). The van der Waals surface area contributed by atoms with Gasteiger partial charge in [0.2, 0.25) is 0 Å². The summed E-state index contributed by atoms with van der Waals surface area (Å²) in [7, 11) is -4.27. The van der Waals surface area contributed by atoms with E-state index in [2.05, 4.69) is 4.98 Å². The van der Waals surface area contributed by atoms with Crippen molar-refractivity contribution in [2.24, 2.45) is 0 Å². The molecule has 0 aliphatic rings. The molecular weight excluding hydrogens is 217 g/mol. The van der Waals surface area contributed by atoms with Crippen molar-refractivity contribution in [3.05, 3.63) is 30.1 Å². The first-order valence-corrected chi connectivity index (χ1v) is 4.84. The largest absolute Gasteiger partial charge is 1.00 e. The van der Waals surface area contributed by atoms with Crippen LogP contribution in [0.15, 0.2) is 24.4 Å². The molecule has 0 aromatic carbocycles. The predicted octanol–water partition coefficient (Wildman–Crippen LogP) is -2.31. The maximum atomic E-state index is 10.5. The fraction of sp³-hybridized carbons (Fsp3) is 0.286. The first kappa shape index (κ1) is 13.7. The minimum atomic E-state index is -4.27. The summed E-state index contributed by atoms with van der Waals surface area (Å²) in [5.74, 6) is 0. The number of rotatable bonds is 2. The van der Waals surface area contributed by atoms with E-state index in [-0.39, 0.29) is 57.1 Å². The molecule has 1 unspecified atom stereocenters. The molecule has 0 bridgehead atoms. The van der Waals surface area contributed by atoms with Crippen molar-refractivity contribution in [2.75, 3.05) is 0 Å². The smallest absolute Gasteiger partial charge is 0.747 e. The standard InChI is InChI=1S/C7H9NO3S.K/c1-6(12(9,10)11)7-4-2-3-5-8-7;/h2-6H,1H3,(H,9,10,11);/q;+1/p-1. The van der Waals surface area contributed by atoms with Crippen molar-refractivity contribution in [3.63, 3.8) is 0 Å². The van der Waals surface area contributed by atoms with Crippen molar-refractivity contribution in [1.29, 1.82) is 0 Å². The fourth-order valence-corrected chi connectivity index (χ4v) is 1.20. The number of hydrogen-bond donors (Lipinski definition) is 0. The van der Waals surface area contributed by atoms with E-state index in [4.69, 9.17) is 0 Å². The first-order chi connectivity index (χ1) is 5.52. The molecule has 1 aromatic heterocycles. The van der Waals surface area contributed by atoms with E-state index in [0.717, 1.165) is 0 Å². The predicted molar refractivity (Wildman–Crippen MR) is 42.3 cm³/mol. The van der Waals surface area contributed by atoms with Gasteiger partial charge in [0.05, 0.1) is 10.9 Å². The molecule has 66 valence electrons. The molecule has 0 saturated heterocycles. The quantitative estimate of drug-likeness (QED) is 0.419. The van der Waals surface area contributed by atoms with Gasteiger partial charge in [-0.1, -0.05) is 6.07 Å². The Kier molecular flexibility index (Phi) is 5.84. The van der Waals surface area contributed by atoms with Crippen LogP contribution in [0.1, 0.15) is 17.9 Å². The summed E-state index contributed by atoms with van der Waals surface area (Å²) >= 11 is 0. The Balaban J connectivity index is 0.00000144. The zero-order valence-corrected chi connectivity index (χ0v) is 11.4. The van der Waals surface area contributed by atoms with E-state index in [9.17, 15) is 13.0 Å². The zero-order valence-electron chi connectivity index (χ0n) is 7.47. The van der Waals surface area contributed by atoms with E-state index in [0.29, 0.717) is 0 Å². The van der Waals surface area contributed by atoms with Crippen molar-refractivity contribution >= 4 is 10.1 Å². The monoisotopic (exact) mass is 225 g/mol. The van der Waals surface area contributed by atoms with Gasteiger partial charge in [0.15, 0.2) is 0 Å². The zero-order chi connectivity index (χ0) is 9.19. The van der Waals surface area contributed by atoms with E-state index in [1.165, 1.54) is 19.2 Å². The van der Waals surface area contributed by atoms with Crippen LogP contribution in [0.5, 0.6) is 0 Å². The average molecular weight is 225 g/mol. The molecule has 0 N–H and O–H groups in total. The summed E-state index contributed by atoms with van der Waals surface area (Å²) in [6.07, 6.45) is 1.46. The van der Waals surface area contributed by atoms with Crippen LogP contribution >= 0.6 is 0 Å². The van der Waals surface area contributed by atoms with Gasteiger partial charge in [-0.05, 0) is 19.1 Å². The Morgan fingerprint density at radius 2 is 2.08 bits per heavy atom. The van der Waals surface area contributed by atoms with Gasteiger partial charge >= 0.3 is 51.4 Å². The third kappa shape index (κ3) is 4.16. The number of pyridine rings is 1.